The first-order valence-electron chi connectivity index (χ1n) is 4.99. The van der Waals surface area contributed by atoms with E-state index in [1.54, 1.807) is 0 Å². The predicted molar refractivity (Wildman–Crippen MR) is 53.8 cm³/mol. The van der Waals surface area contributed by atoms with Crippen molar-refractivity contribution in [2.45, 2.75) is 32.7 Å². The van der Waals surface area contributed by atoms with Gasteiger partial charge < -0.3 is 10.8 Å². The van der Waals surface area contributed by atoms with E-state index in [4.69, 9.17) is 10.8 Å². The number of rotatable bonds is 6. The Morgan fingerprint density at radius 2 is 2.21 bits per heavy atom. The minimum absolute atomic E-state index is 0.192. The summed E-state index contributed by atoms with van der Waals surface area (Å²) < 4.78 is 1.84. The molecule has 0 unspecified atom stereocenters. The van der Waals surface area contributed by atoms with Crippen LogP contribution in [0, 0.1) is 6.92 Å². The first-order valence-corrected chi connectivity index (χ1v) is 4.99. The zero-order valence-electron chi connectivity index (χ0n) is 8.61. The highest BCUT2D eigenvalue weighted by atomic mass is 16.3. The second kappa shape index (κ2) is 5.72. The van der Waals surface area contributed by atoms with Crippen LogP contribution < -0.4 is 5.73 Å². The lowest BCUT2D eigenvalue weighted by molar-refractivity contribution is 0.275. The molecule has 0 aliphatic rings. The number of hydrogen-bond donors (Lipinski definition) is 2. The molecule has 0 saturated carbocycles. The van der Waals surface area contributed by atoms with Gasteiger partial charge in [-0.3, -0.25) is 0 Å². The molecule has 0 spiro atoms. The Morgan fingerprint density at radius 3 is 2.86 bits per heavy atom. The highest BCUT2D eigenvalue weighted by molar-refractivity contribution is 5.07. The van der Waals surface area contributed by atoms with E-state index in [0.29, 0.717) is 6.54 Å². The van der Waals surface area contributed by atoms with Crippen LogP contribution in [0.4, 0.5) is 0 Å². The van der Waals surface area contributed by atoms with Gasteiger partial charge in [-0.2, -0.15) is 0 Å². The first kappa shape index (κ1) is 11.1. The molecule has 0 amide bonds. The predicted octanol–water partition coefficient (Wildman–Crippen LogP) is -0.140. The SMILES string of the molecule is Cc1c(CCCN)nnn1CCCO. The van der Waals surface area contributed by atoms with Gasteiger partial charge >= 0.3 is 0 Å². The van der Waals surface area contributed by atoms with Crippen molar-refractivity contribution in [3.05, 3.63) is 11.4 Å². The number of aliphatic hydroxyl groups excluding tert-OH is 1. The average Bonchev–Trinajstić information content (AvgIpc) is 2.54. The molecular weight excluding hydrogens is 180 g/mol. The summed E-state index contributed by atoms with van der Waals surface area (Å²) in [7, 11) is 0. The summed E-state index contributed by atoms with van der Waals surface area (Å²) in [6.07, 6.45) is 2.56. The highest BCUT2D eigenvalue weighted by Crippen LogP contribution is 2.06. The Hall–Kier alpha value is -0.940. The zero-order chi connectivity index (χ0) is 10.4. The van der Waals surface area contributed by atoms with Gasteiger partial charge in [-0.25, -0.2) is 4.68 Å². The van der Waals surface area contributed by atoms with Gasteiger partial charge in [0.15, 0.2) is 0 Å². The molecule has 14 heavy (non-hydrogen) atoms. The van der Waals surface area contributed by atoms with Gasteiger partial charge in [-0.1, -0.05) is 5.21 Å². The molecular formula is C9H18N4O. The summed E-state index contributed by atoms with van der Waals surface area (Å²) in [5.41, 5.74) is 7.54. The second-order valence-electron chi connectivity index (χ2n) is 3.31. The number of nitrogens with zero attached hydrogens (tertiary/aromatic N) is 3. The van der Waals surface area contributed by atoms with Gasteiger partial charge in [0.2, 0.25) is 0 Å². The van der Waals surface area contributed by atoms with Crippen LogP contribution in [0.3, 0.4) is 0 Å². The van der Waals surface area contributed by atoms with Crippen molar-refractivity contribution in [1.82, 2.24) is 15.0 Å². The molecule has 1 aromatic rings. The van der Waals surface area contributed by atoms with Crippen LogP contribution in [0.25, 0.3) is 0 Å². The molecule has 80 valence electrons. The topological polar surface area (TPSA) is 77.0 Å². The molecule has 3 N–H and O–H groups in total. The lowest BCUT2D eigenvalue weighted by atomic mass is 10.2. The summed E-state index contributed by atoms with van der Waals surface area (Å²) in [5.74, 6) is 0. The van der Waals surface area contributed by atoms with E-state index in [1.165, 1.54) is 0 Å². The van der Waals surface area contributed by atoms with Crippen LogP contribution in [0.5, 0.6) is 0 Å². The Morgan fingerprint density at radius 1 is 1.43 bits per heavy atom. The fourth-order valence-electron chi connectivity index (χ4n) is 1.33. The summed E-state index contributed by atoms with van der Waals surface area (Å²) in [6.45, 7) is 3.61. The Kier molecular flexibility index (Phi) is 4.55. The molecule has 0 fully saturated rings. The fourth-order valence-corrected chi connectivity index (χ4v) is 1.33. The standard InChI is InChI=1S/C9H18N4O/c1-8-9(4-2-5-10)11-12-13(8)6-3-7-14/h14H,2-7,10H2,1H3. The molecule has 0 atom stereocenters. The molecule has 1 rings (SSSR count). The van der Waals surface area contributed by atoms with Crippen molar-refractivity contribution in [2.24, 2.45) is 5.73 Å². The Bertz CT molecular complexity index is 246. The van der Waals surface area contributed by atoms with Crippen LogP contribution in [-0.4, -0.2) is 33.3 Å². The third-order valence-electron chi connectivity index (χ3n) is 2.22. The van der Waals surface area contributed by atoms with Crippen LogP contribution in [0.15, 0.2) is 0 Å². The normalized spacial score (nSPS) is 10.8. The van der Waals surface area contributed by atoms with Crippen LogP contribution in [0.1, 0.15) is 24.2 Å². The van der Waals surface area contributed by atoms with Crippen molar-refractivity contribution in [3.63, 3.8) is 0 Å². The van der Waals surface area contributed by atoms with Crippen molar-refractivity contribution in [1.29, 1.82) is 0 Å². The molecule has 0 aliphatic heterocycles. The summed E-state index contributed by atoms with van der Waals surface area (Å²) >= 11 is 0. The highest BCUT2D eigenvalue weighted by Gasteiger charge is 2.06. The third kappa shape index (κ3) is 2.78. The van der Waals surface area contributed by atoms with Crippen molar-refractivity contribution in [3.8, 4) is 0 Å². The van der Waals surface area contributed by atoms with Gasteiger partial charge in [0, 0.05) is 13.2 Å². The van der Waals surface area contributed by atoms with E-state index in [-0.39, 0.29) is 6.61 Å². The summed E-state index contributed by atoms with van der Waals surface area (Å²) in [4.78, 5) is 0. The fraction of sp³-hybridized carbons (Fsp3) is 0.778. The monoisotopic (exact) mass is 198 g/mol. The Labute approximate surface area is 83.9 Å². The van der Waals surface area contributed by atoms with Crippen molar-refractivity contribution < 1.29 is 5.11 Å². The smallest absolute Gasteiger partial charge is 0.0856 e. The minimum atomic E-state index is 0.192. The lowest BCUT2D eigenvalue weighted by Crippen LogP contribution is -2.05. The number of aromatic nitrogens is 3. The molecule has 0 aromatic carbocycles. The second-order valence-corrected chi connectivity index (χ2v) is 3.31. The largest absolute Gasteiger partial charge is 0.396 e. The number of aryl methyl sites for hydroxylation is 2. The summed E-state index contributed by atoms with van der Waals surface area (Å²) in [6, 6.07) is 0. The lowest BCUT2D eigenvalue weighted by Gasteiger charge is -2.01. The van der Waals surface area contributed by atoms with Gasteiger partial charge in [-0.15, -0.1) is 5.10 Å². The molecule has 5 heteroatoms. The van der Waals surface area contributed by atoms with E-state index >= 15 is 0 Å². The van der Waals surface area contributed by atoms with Gasteiger partial charge in [-0.05, 0) is 32.7 Å². The van der Waals surface area contributed by atoms with Crippen molar-refractivity contribution >= 4 is 0 Å². The molecule has 1 aromatic heterocycles. The number of aliphatic hydroxyl groups is 1. The molecule has 5 nitrogen and oxygen atoms in total. The average molecular weight is 198 g/mol. The molecule has 0 radical (unpaired) electrons. The molecule has 0 aliphatic carbocycles. The van der Waals surface area contributed by atoms with E-state index in [2.05, 4.69) is 10.3 Å². The maximum absolute atomic E-state index is 8.69. The van der Waals surface area contributed by atoms with Crippen LogP contribution in [0.2, 0.25) is 0 Å². The van der Waals surface area contributed by atoms with Gasteiger partial charge in [0.1, 0.15) is 0 Å². The quantitative estimate of drug-likeness (QED) is 0.667. The van der Waals surface area contributed by atoms with E-state index in [1.807, 2.05) is 11.6 Å². The molecule has 0 saturated heterocycles. The molecule has 0 bridgehead atoms. The minimum Gasteiger partial charge on any atom is -0.396 e. The van der Waals surface area contributed by atoms with E-state index in [0.717, 1.165) is 37.2 Å². The molecule has 1 heterocycles. The van der Waals surface area contributed by atoms with Crippen molar-refractivity contribution in [2.75, 3.05) is 13.2 Å². The van der Waals surface area contributed by atoms with Crippen LogP contribution in [-0.2, 0) is 13.0 Å². The zero-order valence-corrected chi connectivity index (χ0v) is 8.61. The van der Waals surface area contributed by atoms with E-state index in [9.17, 15) is 0 Å². The van der Waals surface area contributed by atoms with Gasteiger partial charge in [0.05, 0.1) is 11.4 Å². The van der Waals surface area contributed by atoms with E-state index < -0.39 is 0 Å². The maximum atomic E-state index is 8.69. The summed E-state index contributed by atoms with van der Waals surface area (Å²) in [5, 5.41) is 16.8. The number of nitrogens with two attached hydrogens (primary N) is 1. The van der Waals surface area contributed by atoms with Crippen LogP contribution >= 0.6 is 0 Å². The number of hydrogen-bond acceptors (Lipinski definition) is 4. The Balaban J connectivity index is 2.55. The van der Waals surface area contributed by atoms with Gasteiger partial charge in [0.25, 0.3) is 0 Å². The third-order valence-corrected chi connectivity index (χ3v) is 2.22. The maximum Gasteiger partial charge on any atom is 0.0856 e. The first-order chi connectivity index (χ1) is 6.79.